The molecule has 5 heteroatoms. The Kier molecular flexibility index (Phi) is 4.93. The molecule has 19 heavy (non-hydrogen) atoms. The summed E-state index contributed by atoms with van der Waals surface area (Å²) in [6.07, 6.45) is 5.83. The second-order valence-electron chi connectivity index (χ2n) is 4.57. The minimum absolute atomic E-state index is 0.185. The fraction of sp³-hybridized carbons (Fsp3) is 0.357. The number of hydrogen-bond acceptors (Lipinski definition) is 2. The molecule has 0 saturated heterocycles. The minimum Gasteiger partial charge on any atom is -0.313 e. The fourth-order valence-electron chi connectivity index (χ4n) is 2.15. The summed E-state index contributed by atoms with van der Waals surface area (Å²) in [4.78, 5) is 0. The van der Waals surface area contributed by atoms with Gasteiger partial charge >= 0.3 is 0 Å². The van der Waals surface area contributed by atoms with E-state index in [1.807, 2.05) is 37.2 Å². The third-order valence-corrected chi connectivity index (χ3v) is 4.10. The van der Waals surface area contributed by atoms with Gasteiger partial charge in [-0.15, -0.1) is 0 Å². The van der Waals surface area contributed by atoms with E-state index in [0.717, 1.165) is 22.0 Å². The monoisotopic (exact) mass is 373 g/mol. The molecular formula is C14H17FIN3. The maximum absolute atomic E-state index is 13.1. The van der Waals surface area contributed by atoms with Crippen molar-refractivity contribution in [3.05, 3.63) is 51.1 Å². The van der Waals surface area contributed by atoms with Crippen molar-refractivity contribution in [3.8, 4) is 0 Å². The average molecular weight is 373 g/mol. The number of aryl methyl sites for hydroxylation is 2. The minimum atomic E-state index is -0.185. The highest BCUT2D eigenvalue weighted by Crippen LogP contribution is 2.24. The second kappa shape index (κ2) is 6.47. The van der Waals surface area contributed by atoms with Gasteiger partial charge in [0.05, 0.1) is 6.20 Å². The lowest BCUT2D eigenvalue weighted by Gasteiger charge is -2.18. The normalized spacial score (nSPS) is 12.6. The number of hydrogen-bond donors (Lipinski definition) is 1. The Morgan fingerprint density at radius 2 is 2.26 bits per heavy atom. The summed E-state index contributed by atoms with van der Waals surface area (Å²) in [6.45, 7) is 0. The van der Waals surface area contributed by atoms with Crippen LogP contribution < -0.4 is 5.32 Å². The topological polar surface area (TPSA) is 29.9 Å². The van der Waals surface area contributed by atoms with Gasteiger partial charge in [-0.3, -0.25) is 4.68 Å². The summed E-state index contributed by atoms with van der Waals surface area (Å²) in [7, 11) is 3.86. The van der Waals surface area contributed by atoms with Gasteiger partial charge in [0, 0.05) is 22.9 Å². The largest absolute Gasteiger partial charge is 0.313 e. The van der Waals surface area contributed by atoms with E-state index in [1.165, 1.54) is 11.6 Å². The molecule has 0 aliphatic carbocycles. The number of nitrogens with one attached hydrogen (secondary N) is 1. The van der Waals surface area contributed by atoms with E-state index < -0.39 is 0 Å². The Balaban J connectivity index is 2.07. The van der Waals surface area contributed by atoms with Crippen LogP contribution in [0.15, 0.2) is 30.6 Å². The first-order chi connectivity index (χ1) is 9.10. The van der Waals surface area contributed by atoms with Crippen LogP contribution in [0.1, 0.15) is 23.6 Å². The lowest BCUT2D eigenvalue weighted by molar-refractivity contribution is 0.544. The van der Waals surface area contributed by atoms with Crippen LogP contribution in [-0.4, -0.2) is 16.8 Å². The molecular weight excluding hydrogens is 356 g/mol. The van der Waals surface area contributed by atoms with E-state index in [0.29, 0.717) is 0 Å². The molecule has 2 aromatic rings. The molecule has 1 unspecified atom stereocenters. The molecule has 102 valence electrons. The van der Waals surface area contributed by atoms with Crippen LogP contribution in [0.25, 0.3) is 0 Å². The van der Waals surface area contributed by atoms with E-state index in [4.69, 9.17) is 0 Å². The van der Waals surface area contributed by atoms with E-state index in [-0.39, 0.29) is 11.9 Å². The maximum atomic E-state index is 13.1. The van der Waals surface area contributed by atoms with Crippen LogP contribution in [0.4, 0.5) is 4.39 Å². The van der Waals surface area contributed by atoms with Crippen molar-refractivity contribution in [3.63, 3.8) is 0 Å². The summed E-state index contributed by atoms with van der Waals surface area (Å²) in [5.74, 6) is -0.185. The first-order valence-corrected chi connectivity index (χ1v) is 7.27. The van der Waals surface area contributed by atoms with E-state index >= 15 is 0 Å². The van der Waals surface area contributed by atoms with Gasteiger partial charge in [0.15, 0.2) is 0 Å². The summed E-state index contributed by atoms with van der Waals surface area (Å²) < 4.78 is 15.9. The van der Waals surface area contributed by atoms with Crippen LogP contribution in [-0.2, 0) is 13.5 Å². The molecule has 0 saturated carbocycles. The SMILES string of the molecule is CNC(CCc1cnn(C)c1)c1ccc(F)cc1I. The van der Waals surface area contributed by atoms with Gasteiger partial charge in [0.1, 0.15) is 5.82 Å². The molecule has 1 N–H and O–H groups in total. The molecule has 0 amide bonds. The molecule has 0 bridgehead atoms. The molecule has 1 aromatic carbocycles. The third-order valence-electron chi connectivity index (χ3n) is 3.17. The summed E-state index contributed by atoms with van der Waals surface area (Å²) in [5.41, 5.74) is 2.37. The van der Waals surface area contributed by atoms with Gasteiger partial charge in [-0.05, 0) is 65.7 Å². The van der Waals surface area contributed by atoms with Crippen LogP contribution in [0.5, 0.6) is 0 Å². The van der Waals surface area contributed by atoms with Crippen molar-refractivity contribution < 1.29 is 4.39 Å². The molecule has 0 radical (unpaired) electrons. The maximum Gasteiger partial charge on any atom is 0.124 e. The predicted molar refractivity (Wildman–Crippen MR) is 82.4 cm³/mol. The molecule has 0 spiro atoms. The molecule has 1 heterocycles. The number of nitrogens with zero attached hydrogens (tertiary/aromatic N) is 2. The highest BCUT2D eigenvalue weighted by Gasteiger charge is 2.13. The summed E-state index contributed by atoms with van der Waals surface area (Å²) >= 11 is 2.19. The first-order valence-electron chi connectivity index (χ1n) is 6.20. The Morgan fingerprint density at radius 3 is 2.84 bits per heavy atom. The lowest BCUT2D eigenvalue weighted by atomic mass is 10.0. The fourth-order valence-corrected chi connectivity index (χ4v) is 3.00. The molecule has 3 nitrogen and oxygen atoms in total. The van der Waals surface area contributed by atoms with Crippen molar-refractivity contribution in [1.29, 1.82) is 0 Å². The van der Waals surface area contributed by atoms with Gasteiger partial charge in [0.25, 0.3) is 0 Å². The molecule has 1 aromatic heterocycles. The third kappa shape index (κ3) is 3.76. The Bertz CT molecular complexity index is 553. The molecule has 1 atom stereocenters. The standard InChI is InChI=1S/C14H17FIN3/c1-17-14(6-3-10-8-18-19(2)9-10)12-5-4-11(15)7-13(12)16/h4-5,7-9,14,17H,3,6H2,1-2H3. The second-order valence-corrected chi connectivity index (χ2v) is 5.73. The lowest BCUT2D eigenvalue weighted by Crippen LogP contribution is -2.18. The first kappa shape index (κ1) is 14.5. The predicted octanol–water partition coefficient (Wildman–Crippen LogP) is 3.06. The molecule has 0 fully saturated rings. The number of benzene rings is 1. The van der Waals surface area contributed by atoms with E-state index in [1.54, 1.807) is 6.07 Å². The number of rotatable bonds is 5. The van der Waals surface area contributed by atoms with Gasteiger partial charge in [-0.25, -0.2) is 4.39 Å². The van der Waals surface area contributed by atoms with E-state index in [2.05, 4.69) is 33.0 Å². The van der Waals surface area contributed by atoms with Crippen molar-refractivity contribution in [1.82, 2.24) is 15.1 Å². The van der Waals surface area contributed by atoms with Crippen molar-refractivity contribution in [2.75, 3.05) is 7.05 Å². The van der Waals surface area contributed by atoms with Gasteiger partial charge in [-0.1, -0.05) is 6.07 Å². The zero-order valence-corrected chi connectivity index (χ0v) is 13.2. The van der Waals surface area contributed by atoms with Crippen LogP contribution in [0.3, 0.4) is 0 Å². The van der Waals surface area contributed by atoms with Gasteiger partial charge < -0.3 is 5.32 Å². The smallest absolute Gasteiger partial charge is 0.124 e. The molecule has 0 aliphatic heterocycles. The Labute approximate surface area is 126 Å². The van der Waals surface area contributed by atoms with Crippen molar-refractivity contribution in [2.45, 2.75) is 18.9 Å². The van der Waals surface area contributed by atoms with Gasteiger partial charge in [-0.2, -0.15) is 5.10 Å². The highest BCUT2D eigenvalue weighted by atomic mass is 127. The zero-order chi connectivity index (χ0) is 13.8. The zero-order valence-electron chi connectivity index (χ0n) is 11.0. The average Bonchev–Trinajstić information content (AvgIpc) is 2.78. The summed E-state index contributed by atoms with van der Waals surface area (Å²) in [6, 6.07) is 5.19. The van der Waals surface area contributed by atoms with Crippen molar-refractivity contribution >= 4 is 22.6 Å². The highest BCUT2D eigenvalue weighted by molar-refractivity contribution is 14.1. The van der Waals surface area contributed by atoms with E-state index in [9.17, 15) is 4.39 Å². The van der Waals surface area contributed by atoms with Crippen LogP contribution >= 0.6 is 22.6 Å². The quantitative estimate of drug-likeness (QED) is 0.817. The Hall–Kier alpha value is -0.950. The van der Waals surface area contributed by atoms with Crippen LogP contribution in [0.2, 0.25) is 0 Å². The number of aromatic nitrogens is 2. The van der Waals surface area contributed by atoms with Crippen molar-refractivity contribution in [2.24, 2.45) is 7.05 Å². The summed E-state index contributed by atoms with van der Waals surface area (Å²) in [5, 5.41) is 7.47. The Morgan fingerprint density at radius 1 is 1.47 bits per heavy atom. The molecule has 2 rings (SSSR count). The molecule has 0 aliphatic rings. The number of halogens is 2. The van der Waals surface area contributed by atoms with Crippen LogP contribution in [0, 0.1) is 9.39 Å². The van der Waals surface area contributed by atoms with Gasteiger partial charge in [0.2, 0.25) is 0 Å².